The van der Waals surface area contributed by atoms with Crippen molar-refractivity contribution in [3.63, 3.8) is 0 Å². The summed E-state index contributed by atoms with van der Waals surface area (Å²) in [5, 5.41) is 9.63. The number of nitriles is 1. The van der Waals surface area contributed by atoms with Crippen molar-refractivity contribution < 1.29 is 8.78 Å². The fourth-order valence-electron chi connectivity index (χ4n) is 4.82. The maximum Gasteiger partial charge on any atom is 0.252 e. The molecule has 7 nitrogen and oxygen atoms in total. The van der Waals surface area contributed by atoms with Gasteiger partial charge in [0.15, 0.2) is 0 Å². The van der Waals surface area contributed by atoms with Crippen LogP contribution in [0.4, 0.5) is 20.2 Å². The van der Waals surface area contributed by atoms with Crippen molar-refractivity contribution in [2.45, 2.75) is 25.9 Å². The van der Waals surface area contributed by atoms with Gasteiger partial charge in [0, 0.05) is 56.6 Å². The molecule has 0 amide bonds. The average molecular weight is 460 g/mol. The van der Waals surface area contributed by atoms with E-state index in [2.05, 4.69) is 25.8 Å². The predicted molar refractivity (Wildman–Crippen MR) is 127 cm³/mol. The summed E-state index contributed by atoms with van der Waals surface area (Å²) >= 11 is 0. The highest BCUT2D eigenvalue weighted by Gasteiger charge is 2.32. The number of benzene rings is 1. The van der Waals surface area contributed by atoms with E-state index in [0.717, 1.165) is 6.07 Å². The maximum absolute atomic E-state index is 14.8. The molecule has 0 aliphatic carbocycles. The van der Waals surface area contributed by atoms with Gasteiger partial charge in [-0.25, -0.2) is 13.8 Å². The van der Waals surface area contributed by atoms with Gasteiger partial charge in [-0.2, -0.15) is 5.26 Å². The number of pyridine rings is 3. The third kappa shape index (κ3) is 3.43. The Labute approximate surface area is 194 Å². The molecule has 0 N–H and O–H groups in total. The molecule has 0 radical (unpaired) electrons. The van der Waals surface area contributed by atoms with E-state index in [0.29, 0.717) is 35.5 Å². The van der Waals surface area contributed by atoms with Crippen molar-refractivity contribution in [1.82, 2.24) is 14.5 Å². The zero-order valence-corrected chi connectivity index (χ0v) is 19.0. The highest BCUT2D eigenvalue weighted by Crippen LogP contribution is 2.34. The van der Waals surface area contributed by atoms with E-state index in [4.69, 9.17) is 0 Å². The van der Waals surface area contributed by atoms with Crippen molar-refractivity contribution in [3.8, 4) is 6.07 Å². The lowest BCUT2D eigenvalue weighted by atomic mass is 10.0. The number of piperazine rings is 1. The first-order valence-corrected chi connectivity index (χ1v) is 11.0. The Morgan fingerprint density at radius 3 is 2.44 bits per heavy atom. The van der Waals surface area contributed by atoms with Gasteiger partial charge in [-0.05, 0) is 32.0 Å². The van der Waals surface area contributed by atoms with Gasteiger partial charge in [0.1, 0.15) is 28.9 Å². The number of nitrogens with zero attached hydrogens (tertiary/aromatic N) is 6. The molecule has 34 heavy (non-hydrogen) atoms. The fourth-order valence-corrected chi connectivity index (χ4v) is 4.82. The van der Waals surface area contributed by atoms with Gasteiger partial charge in [-0.3, -0.25) is 9.78 Å². The first-order valence-electron chi connectivity index (χ1n) is 11.0. The van der Waals surface area contributed by atoms with Crippen LogP contribution >= 0.6 is 0 Å². The van der Waals surface area contributed by atoms with E-state index in [9.17, 15) is 18.8 Å². The molecule has 0 unspecified atom stereocenters. The van der Waals surface area contributed by atoms with E-state index in [1.54, 1.807) is 37.5 Å². The summed E-state index contributed by atoms with van der Waals surface area (Å²) in [6.07, 6.45) is 1.56. The van der Waals surface area contributed by atoms with E-state index in [1.165, 1.54) is 10.6 Å². The molecule has 1 aliphatic rings. The van der Waals surface area contributed by atoms with Crippen LogP contribution in [0.1, 0.15) is 19.5 Å². The summed E-state index contributed by atoms with van der Waals surface area (Å²) in [5.41, 5.74) is 2.93. The van der Waals surface area contributed by atoms with Gasteiger partial charge >= 0.3 is 0 Å². The first kappa shape index (κ1) is 21.8. The molecule has 172 valence electrons. The number of fused-ring (bicyclic) bond motifs is 2. The topological polar surface area (TPSA) is 78.0 Å². The Bertz CT molecular complexity index is 1540. The minimum absolute atomic E-state index is 0.0641. The molecule has 1 saturated heterocycles. The Kier molecular flexibility index (Phi) is 5.16. The lowest BCUT2D eigenvalue weighted by Gasteiger charge is -2.46. The van der Waals surface area contributed by atoms with Crippen LogP contribution in [0.2, 0.25) is 0 Å². The lowest BCUT2D eigenvalue weighted by Crippen LogP contribution is -2.57. The lowest BCUT2D eigenvalue weighted by molar-refractivity contribution is 0.482. The third-order valence-corrected chi connectivity index (χ3v) is 6.52. The van der Waals surface area contributed by atoms with Crippen molar-refractivity contribution >= 4 is 33.3 Å². The number of aryl methyl sites for hydroxylation is 1. The van der Waals surface area contributed by atoms with Crippen LogP contribution < -0.4 is 15.4 Å². The van der Waals surface area contributed by atoms with Crippen LogP contribution in [0.3, 0.4) is 0 Å². The normalized spacial score (nSPS) is 18.5. The molecule has 4 heterocycles. The summed E-state index contributed by atoms with van der Waals surface area (Å²) < 4.78 is 30.0. The molecule has 9 heteroatoms. The quantitative estimate of drug-likeness (QED) is 0.454. The monoisotopic (exact) mass is 460 g/mol. The van der Waals surface area contributed by atoms with Crippen LogP contribution in [0, 0.1) is 23.0 Å². The smallest absolute Gasteiger partial charge is 0.252 e. The molecule has 1 fully saturated rings. The number of halogens is 2. The second kappa shape index (κ2) is 8.06. The van der Waals surface area contributed by atoms with E-state index < -0.39 is 11.6 Å². The van der Waals surface area contributed by atoms with E-state index >= 15 is 0 Å². The number of rotatable bonds is 2. The Hall–Kier alpha value is -4.06. The van der Waals surface area contributed by atoms with E-state index in [-0.39, 0.29) is 34.2 Å². The third-order valence-electron chi connectivity index (χ3n) is 6.52. The fraction of sp³-hybridized carbons (Fsp3) is 0.280. The molecular weight excluding hydrogens is 438 g/mol. The van der Waals surface area contributed by atoms with Crippen molar-refractivity contribution in [1.29, 1.82) is 5.26 Å². The first-order chi connectivity index (χ1) is 16.3. The minimum Gasteiger partial charge on any atom is -0.364 e. The molecule has 3 aromatic heterocycles. The molecule has 0 saturated carbocycles. The SMILES string of the molecule is C[C@H]1CN(c2ccnc3cc(F)cc(F)c23)[C@@H](C)CN1c1cc(=O)n(C)c2ccc(C#N)nc12. The van der Waals surface area contributed by atoms with Crippen LogP contribution in [0.15, 0.2) is 47.4 Å². The zero-order chi connectivity index (χ0) is 24.1. The summed E-state index contributed by atoms with van der Waals surface area (Å²) in [4.78, 5) is 25.5. The van der Waals surface area contributed by atoms with Gasteiger partial charge in [0.2, 0.25) is 0 Å². The molecule has 1 aliphatic heterocycles. The molecule has 0 spiro atoms. The summed E-state index contributed by atoms with van der Waals surface area (Å²) in [6.45, 7) is 5.11. The minimum atomic E-state index is -0.664. The highest BCUT2D eigenvalue weighted by atomic mass is 19.1. The predicted octanol–water partition coefficient (Wildman–Crippen LogP) is 3.74. The highest BCUT2D eigenvalue weighted by molar-refractivity contribution is 5.93. The number of hydrogen-bond donors (Lipinski definition) is 0. The molecule has 5 rings (SSSR count). The number of aromatic nitrogens is 3. The number of hydrogen-bond acceptors (Lipinski definition) is 6. The molecule has 0 bridgehead atoms. The van der Waals surface area contributed by atoms with Gasteiger partial charge in [-0.15, -0.1) is 0 Å². The summed E-state index contributed by atoms with van der Waals surface area (Å²) in [6, 6.07) is 10.7. The Morgan fingerprint density at radius 2 is 1.74 bits per heavy atom. The molecule has 4 aromatic rings. The molecular formula is C25H22F2N6O. The number of anilines is 2. The molecule has 2 atom stereocenters. The Balaban J connectivity index is 1.58. The van der Waals surface area contributed by atoms with Crippen LogP contribution in [0.5, 0.6) is 0 Å². The zero-order valence-electron chi connectivity index (χ0n) is 19.0. The van der Waals surface area contributed by atoms with E-state index in [1.807, 2.05) is 13.8 Å². The second-order valence-electron chi connectivity index (χ2n) is 8.72. The van der Waals surface area contributed by atoms with Crippen LogP contribution in [-0.2, 0) is 7.05 Å². The summed E-state index contributed by atoms with van der Waals surface area (Å²) in [7, 11) is 1.68. The van der Waals surface area contributed by atoms with Gasteiger partial charge < -0.3 is 14.4 Å². The molecule has 1 aromatic carbocycles. The van der Waals surface area contributed by atoms with Crippen LogP contribution in [0.25, 0.3) is 21.9 Å². The average Bonchev–Trinajstić information content (AvgIpc) is 2.81. The second-order valence-corrected chi connectivity index (χ2v) is 8.72. The Morgan fingerprint density at radius 1 is 1.03 bits per heavy atom. The van der Waals surface area contributed by atoms with Crippen molar-refractivity contribution in [3.05, 3.63) is 70.3 Å². The van der Waals surface area contributed by atoms with Gasteiger partial charge in [0.05, 0.1) is 27.8 Å². The van der Waals surface area contributed by atoms with Crippen LogP contribution in [-0.4, -0.2) is 39.7 Å². The van der Waals surface area contributed by atoms with Crippen molar-refractivity contribution in [2.24, 2.45) is 7.05 Å². The standard InChI is InChI=1S/C25H22F2N6O/c1-14-13-33(22-10-23(34)31(3)21-5-4-17(11-28)30-25(21)22)15(2)12-32(14)20-6-7-29-19-9-16(26)8-18(27)24(19)20/h4-10,14-15H,12-13H2,1-3H3/t14-,15-/m0/s1. The largest absolute Gasteiger partial charge is 0.364 e. The van der Waals surface area contributed by atoms with Crippen molar-refractivity contribution in [2.75, 3.05) is 22.9 Å². The maximum atomic E-state index is 14.8. The summed E-state index contributed by atoms with van der Waals surface area (Å²) in [5.74, 6) is -1.31. The van der Waals surface area contributed by atoms with Gasteiger partial charge in [-0.1, -0.05) is 0 Å². The van der Waals surface area contributed by atoms with Gasteiger partial charge in [0.25, 0.3) is 5.56 Å².